The van der Waals surface area contributed by atoms with Crippen molar-refractivity contribution in [1.82, 2.24) is 14.5 Å². The molecule has 0 radical (unpaired) electrons. The van der Waals surface area contributed by atoms with Gasteiger partial charge in [0.2, 0.25) is 0 Å². The van der Waals surface area contributed by atoms with Crippen LogP contribution < -0.4 is 5.56 Å². The van der Waals surface area contributed by atoms with Gasteiger partial charge in [-0.15, -0.1) is 0 Å². The zero-order valence-corrected chi connectivity index (χ0v) is 17.8. The molecule has 0 bridgehead atoms. The Kier molecular flexibility index (Phi) is 5.13. The van der Waals surface area contributed by atoms with Crippen molar-refractivity contribution in [3.63, 3.8) is 0 Å². The van der Waals surface area contributed by atoms with E-state index in [1.807, 2.05) is 36.9 Å². The van der Waals surface area contributed by atoms with Gasteiger partial charge in [0.15, 0.2) is 4.77 Å². The molecule has 1 aromatic heterocycles. The number of aryl methyl sites for hydroxylation is 1. The maximum Gasteiger partial charge on any atom is 0.266 e. The molecule has 1 aliphatic heterocycles. The summed E-state index contributed by atoms with van der Waals surface area (Å²) >= 11 is 5.51. The number of piperidine rings is 1. The van der Waals surface area contributed by atoms with Gasteiger partial charge >= 0.3 is 0 Å². The van der Waals surface area contributed by atoms with E-state index in [2.05, 4.69) is 11.9 Å². The van der Waals surface area contributed by atoms with E-state index in [9.17, 15) is 9.59 Å². The number of H-pyrrole nitrogens is 1. The van der Waals surface area contributed by atoms with Crippen LogP contribution in [-0.2, 0) is 0 Å². The van der Waals surface area contributed by atoms with Crippen molar-refractivity contribution in [3.05, 3.63) is 68.2 Å². The Morgan fingerprint density at radius 2 is 1.86 bits per heavy atom. The van der Waals surface area contributed by atoms with Gasteiger partial charge in [-0.25, -0.2) is 0 Å². The first-order valence-electron chi connectivity index (χ1n) is 10.0. The first-order chi connectivity index (χ1) is 13.9. The van der Waals surface area contributed by atoms with Crippen molar-refractivity contribution < 1.29 is 4.79 Å². The van der Waals surface area contributed by atoms with Gasteiger partial charge in [-0.1, -0.05) is 19.1 Å². The van der Waals surface area contributed by atoms with Gasteiger partial charge in [-0.3, -0.25) is 14.2 Å². The topological polar surface area (TPSA) is 58.1 Å². The summed E-state index contributed by atoms with van der Waals surface area (Å²) in [5, 5.41) is 0.517. The van der Waals surface area contributed by atoms with Crippen LogP contribution in [0.15, 0.2) is 41.2 Å². The number of nitrogens with zero attached hydrogens (tertiary/aromatic N) is 2. The van der Waals surface area contributed by atoms with Gasteiger partial charge in [0.1, 0.15) is 0 Å². The third-order valence-electron chi connectivity index (χ3n) is 6.03. The highest BCUT2D eigenvalue weighted by Gasteiger charge is 2.22. The average Bonchev–Trinajstić information content (AvgIpc) is 2.70. The third-order valence-corrected chi connectivity index (χ3v) is 6.32. The number of rotatable bonds is 2. The SMILES string of the molecule is Cc1cccc(-n2c(=S)[nH]c3cc(C(=O)N4CCC(C)CC4)ccc3c2=O)c1C. The van der Waals surface area contributed by atoms with Crippen LogP contribution in [0.25, 0.3) is 16.6 Å². The van der Waals surface area contributed by atoms with Crippen molar-refractivity contribution in [2.45, 2.75) is 33.6 Å². The first kappa shape index (κ1) is 19.6. The minimum absolute atomic E-state index is 0.0109. The van der Waals surface area contributed by atoms with E-state index < -0.39 is 0 Å². The molecule has 1 fully saturated rings. The lowest BCUT2D eigenvalue weighted by Gasteiger charge is -2.30. The Bertz CT molecular complexity index is 1220. The Hall–Kier alpha value is -2.73. The van der Waals surface area contributed by atoms with Gasteiger partial charge in [-0.05, 0) is 80.2 Å². The number of carbonyl (C=O) groups excluding carboxylic acids is 1. The molecule has 0 atom stereocenters. The van der Waals surface area contributed by atoms with Crippen molar-refractivity contribution in [2.24, 2.45) is 5.92 Å². The lowest BCUT2D eigenvalue weighted by atomic mass is 9.98. The third kappa shape index (κ3) is 3.53. The molecule has 1 aliphatic rings. The fraction of sp³-hybridized carbons (Fsp3) is 0.348. The number of benzene rings is 2. The number of aromatic amines is 1. The van der Waals surface area contributed by atoms with Gasteiger partial charge in [-0.2, -0.15) is 0 Å². The summed E-state index contributed by atoms with van der Waals surface area (Å²) in [6.45, 7) is 7.78. The maximum absolute atomic E-state index is 13.2. The average molecular weight is 408 g/mol. The lowest BCUT2D eigenvalue weighted by molar-refractivity contribution is 0.0697. The molecule has 4 rings (SSSR count). The molecule has 1 saturated heterocycles. The lowest BCUT2D eigenvalue weighted by Crippen LogP contribution is -2.37. The van der Waals surface area contributed by atoms with Crippen LogP contribution in [0.4, 0.5) is 0 Å². The molecule has 1 amide bonds. The number of carbonyl (C=O) groups is 1. The van der Waals surface area contributed by atoms with E-state index in [4.69, 9.17) is 12.2 Å². The normalized spacial score (nSPS) is 15.1. The Balaban J connectivity index is 1.78. The quantitative estimate of drug-likeness (QED) is 0.635. The number of likely N-dealkylation sites (tertiary alicyclic amines) is 1. The summed E-state index contributed by atoms with van der Waals surface area (Å²) in [7, 11) is 0. The van der Waals surface area contributed by atoms with E-state index in [0.717, 1.165) is 42.7 Å². The van der Waals surface area contributed by atoms with Gasteiger partial charge in [0.05, 0.1) is 16.6 Å². The highest BCUT2D eigenvalue weighted by atomic mass is 32.1. The minimum Gasteiger partial charge on any atom is -0.339 e. The monoisotopic (exact) mass is 407 g/mol. The zero-order valence-electron chi connectivity index (χ0n) is 17.0. The summed E-state index contributed by atoms with van der Waals surface area (Å²) in [6, 6.07) is 11.1. The summed E-state index contributed by atoms with van der Waals surface area (Å²) in [4.78, 5) is 31.2. The second-order valence-electron chi connectivity index (χ2n) is 8.02. The first-order valence-corrected chi connectivity index (χ1v) is 10.4. The number of hydrogen-bond acceptors (Lipinski definition) is 3. The van der Waals surface area contributed by atoms with Crippen molar-refractivity contribution in [2.75, 3.05) is 13.1 Å². The van der Waals surface area contributed by atoms with Gasteiger partial charge < -0.3 is 9.88 Å². The number of amides is 1. The second-order valence-corrected chi connectivity index (χ2v) is 8.41. The summed E-state index contributed by atoms with van der Waals surface area (Å²) < 4.78 is 1.86. The highest BCUT2D eigenvalue weighted by molar-refractivity contribution is 7.71. The molecule has 1 N–H and O–H groups in total. The largest absolute Gasteiger partial charge is 0.339 e. The fourth-order valence-corrected chi connectivity index (χ4v) is 4.23. The molecule has 5 nitrogen and oxygen atoms in total. The van der Waals surface area contributed by atoms with Gasteiger partial charge in [0, 0.05) is 18.7 Å². The Labute approximate surface area is 175 Å². The second kappa shape index (κ2) is 7.59. The van der Waals surface area contributed by atoms with Crippen LogP contribution in [0.1, 0.15) is 41.3 Å². The minimum atomic E-state index is -0.178. The van der Waals surface area contributed by atoms with E-state index in [1.54, 1.807) is 18.2 Å². The van der Waals surface area contributed by atoms with Crippen LogP contribution in [-0.4, -0.2) is 33.4 Å². The molecule has 0 aliphatic carbocycles. The van der Waals surface area contributed by atoms with E-state index in [0.29, 0.717) is 27.2 Å². The Morgan fingerprint density at radius 3 is 2.59 bits per heavy atom. The molecule has 0 saturated carbocycles. The summed E-state index contributed by atoms with van der Waals surface area (Å²) in [5.41, 5.74) is 3.89. The number of hydrogen-bond donors (Lipinski definition) is 1. The highest BCUT2D eigenvalue weighted by Crippen LogP contribution is 2.21. The van der Waals surface area contributed by atoms with E-state index in [1.165, 1.54) is 4.57 Å². The standard InChI is InChI=1S/C23H25N3O2S/c1-14-9-11-25(12-10-14)21(27)17-7-8-18-19(13-17)24-23(29)26(22(18)28)20-6-4-5-15(2)16(20)3/h4-8,13-14H,9-12H2,1-3H3,(H,24,29). The van der Waals surface area contributed by atoms with Crippen LogP contribution in [0, 0.1) is 24.5 Å². The zero-order chi connectivity index (χ0) is 20.7. The van der Waals surface area contributed by atoms with Crippen LogP contribution in [0.2, 0.25) is 0 Å². The van der Waals surface area contributed by atoms with Crippen LogP contribution in [0.5, 0.6) is 0 Å². The molecule has 0 spiro atoms. The maximum atomic E-state index is 13.2. The molecule has 3 aromatic rings. The molecule has 29 heavy (non-hydrogen) atoms. The molecular formula is C23H25N3O2S. The molecule has 2 heterocycles. The van der Waals surface area contributed by atoms with E-state index >= 15 is 0 Å². The fourth-order valence-electron chi connectivity index (χ4n) is 3.94. The number of aromatic nitrogens is 2. The molecule has 2 aromatic carbocycles. The van der Waals surface area contributed by atoms with Gasteiger partial charge in [0.25, 0.3) is 11.5 Å². The molecular weight excluding hydrogens is 382 g/mol. The number of fused-ring (bicyclic) bond motifs is 1. The summed E-state index contributed by atoms with van der Waals surface area (Å²) in [6.07, 6.45) is 2.06. The molecule has 0 unspecified atom stereocenters. The van der Waals surface area contributed by atoms with Crippen LogP contribution in [0.3, 0.4) is 0 Å². The number of nitrogens with one attached hydrogen (secondary N) is 1. The predicted octanol–water partition coefficient (Wildman–Crippen LogP) is 4.54. The van der Waals surface area contributed by atoms with Crippen molar-refractivity contribution in [3.8, 4) is 5.69 Å². The predicted molar refractivity (Wildman–Crippen MR) is 119 cm³/mol. The van der Waals surface area contributed by atoms with Crippen LogP contribution >= 0.6 is 12.2 Å². The van der Waals surface area contributed by atoms with Crippen molar-refractivity contribution >= 4 is 29.0 Å². The Morgan fingerprint density at radius 1 is 1.14 bits per heavy atom. The molecule has 150 valence electrons. The smallest absolute Gasteiger partial charge is 0.266 e. The van der Waals surface area contributed by atoms with E-state index in [-0.39, 0.29) is 11.5 Å². The molecule has 6 heteroatoms. The summed E-state index contributed by atoms with van der Waals surface area (Å²) in [5.74, 6) is 0.673. The van der Waals surface area contributed by atoms with Crippen molar-refractivity contribution in [1.29, 1.82) is 0 Å².